The number of aryl methyl sites for hydroxylation is 1. The highest BCUT2D eigenvalue weighted by Gasteiger charge is 2.14. The molecule has 0 aliphatic rings. The van der Waals surface area contributed by atoms with Gasteiger partial charge in [-0.25, -0.2) is 9.97 Å². The molecule has 0 N–H and O–H groups in total. The van der Waals surface area contributed by atoms with Crippen LogP contribution < -0.4 is 0 Å². The van der Waals surface area contributed by atoms with Crippen molar-refractivity contribution in [3.8, 4) is 21.3 Å². The van der Waals surface area contributed by atoms with Crippen LogP contribution in [0.1, 0.15) is 5.69 Å². The van der Waals surface area contributed by atoms with Gasteiger partial charge in [0.1, 0.15) is 10.7 Å². The number of para-hydroxylation sites is 2. The van der Waals surface area contributed by atoms with Crippen LogP contribution >= 0.6 is 22.9 Å². The molecule has 4 aromatic rings. The molecule has 0 fully saturated rings. The highest BCUT2D eigenvalue weighted by Crippen LogP contribution is 2.31. The van der Waals surface area contributed by atoms with Gasteiger partial charge in [-0.05, 0) is 31.2 Å². The zero-order valence-corrected chi connectivity index (χ0v) is 13.8. The molecule has 0 spiro atoms. The lowest BCUT2D eigenvalue weighted by molar-refractivity contribution is 1.08. The molecule has 0 atom stereocenters. The molecule has 2 aromatic carbocycles. The number of nitrogens with zero attached hydrogens (tertiary/aromatic N) is 4. The van der Waals surface area contributed by atoms with Gasteiger partial charge in [0.25, 0.3) is 0 Å². The summed E-state index contributed by atoms with van der Waals surface area (Å²) in [5.74, 6) is 0. The summed E-state index contributed by atoms with van der Waals surface area (Å²) in [6.07, 6.45) is 0. The Balaban J connectivity index is 1.79. The molecule has 0 saturated carbocycles. The van der Waals surface area contributed by atoms with Crippen molar-refractivity contribution in [1.82, 2.24) is 20.2 Å². The molecule has 0 saturated heterocycles. The second kappa shape index (κ2) is 5.68. The van der Waals surface area contributed by atoms with Gasteiger partial charge in [0.05, 0.1) is 16.7 Å². The number of hydrogen-bond donors (Lipinski definition) is 0. The van der Waals surface area contributed by atoms with E-state index < -0.39 is 0 Å². The molecule has 0 bridgehead atoms. The van der Waals surface area contributed by atoms with E-state index in [2.05, 4.69) is 15.2 Å². The maximum atomic E-state index is 5.93. The summed E-state index contributed by atoms with van der Waals surface area (Å²) in [4.78, 5) is 9.29. The molecule has 0 radical (unpaired) electrons. The predicted molar refractivity (Wildman–Crippen MR) is 93.6 cm³/mol. The SMILES string of the molecule is Cc1nc2ccccc2nc1-c1nnc(-c2ccc(Cl)cc2)s1. The molecule has 0 amide bonds. The number of benzene rings is 2. The van der Waals surface area contributed by atoms with Gasteiger partial charge >= 0.3 is 0 Å². The van der Waals surface area contributed by atoms with E-state index in [0.717, 1.165) is 38.0 Å². The summed E-state index contributed by atoms with van der Waals surface area (Å²) in [6.45, 7) is 1.94. The fraction of sp³-hybridized carbons (Fsp3) is 0.0588. The molecule has 2 heterocycles. The van der Waals surface area contributed by atoms with Gasteiger partial charge in [0.2, 0.25) is 0 Å². The zero-order chi connectivity index (χ0) is 15.8. The largest absolute Gasteiger partial charge is 0.249 e. The Labute approximate surface area is 141 Å². The number of halogens is 1. The molecular weight excluding hydrogens is 328 g/mol. The normalized spacial score (nSPS) is 11.0. The summed E-state index contributed by atoms with van der Waals surface area (Å²) in [5, 5.41) is 10.9. The first-order valence-corrected chi connectivity index (χ1v) is 8.23. The van der Waals surface area contributed by atoms with Crippen molar-refractivity contribution >= 4 is 34.0 Å². The van der Waals surface area contributed by atoms with Crippen LogP contribution in [0.4, 0.5) is 0 Å². The lowest BCUT2D eigenvalue weighted by Gasteiger charge is -2.02. The van der Waals surface area contributed by atoms with Crippen molar-refractivity contribution in [1.29, 1.82) is 0 Å². The fourth-order valence-corrected chi connectivity index (χ4v) is 3.34. The Morgan fingerprint density at radius 1 is 0.826 bits per heavy atom. The molecule has 0 aliphatic carbocycles. The minimum absolute atomic E-state index is 0.703. The maximum absolute atomic E-state index is 5.93. The van der Waals surface area contributed by atoms with Crippen molar-refractivity contribution in [3.63, 3.8) is 0 Å². The maximum Gasteiger partial charge on any atom is 0.168 e. The van der Waals surface area contributed by atoms with E-state index >= 15 is 0 Å². The molecule has 0 aliphatic heterocycles. The minimum Gasteiger partial charge on any atom is -0.249 e. The number of hydrogen-bond acceptors (Lipinski definition) is 5. The average Bonchev–Trinajstić information content (AvgIpc) is 3.04. The quantitative estimate of drug-likeness (QED) is 0.528. The summed E-state index contributed by atoms with van der Waals surface area (Å²) >= 11 is 7.43. The summed E-state index contributed by atoms with van der Waals surface area (Å²) < 4.78 is 0. The van der Waals surface area contributed by atoms with E-state index in [1.165, 1.54) is 11.3 Å². The Morgan fingerprint density at radius 2 is 1.48 bits per heavy atom. The molecule has 4 rings (SSSR count). The third kappa shape index (κ3) is 2.69. The van der Waals surface area contributed by atoms with Gasteiger partial charge in [-0.3, -0.25) is 0 Å². The smallest absolute Gasteiger partial charge is 0.168 e. The highest BCUT2D eigenvalue weighted by atomic mass is 35.5. The summed E-state index contributed by atoms with van der Waals surface area (Å²) in [5.41, 5.74) is 4.36. The third-order valence-corrected chi connectivity index (χ3v) is 4.69. The number of fused-ring (bicyclic) bond motifs is 1. The summed E-state index contributed by atoms with van der Waals surface area (Å²) in [7, 11) is 0. The van der Waals surface area contributed by atoms with E-state index in [0.29, 0.717) is 5.02 Å². The Kier molecular flexibility index (Phi) is 3.52. The van der Waals surface area contributed by atoms with Crippen LogP contribution in [-0.4, -0.2) is 20.2 Å². The van der Waals surface area contributed by atoms with E-state index in [4.69, 9.17) is 16.6 Å². The van der Waals surface area contributed by atoms with Crippen LogP contribution in [0.25, 0.3) is 32.3 Å². The second-order valence-corrected chi connectivity index (χ2v) is 6.48. The van der Waals surface area contributed by atoms with Crippen molar-refractivity contribution in [2.75, 3.05) is 0 Å². The predicted octanol–water partition coefficient (Wildman–Crippen LogP) is 4.78. The van der Waals surface area contributed by atoms with E-state index in [-0.39, 0.29) is 0 Å². The Hall–Kier alpha value is -2.37. The summed E-state index contributed by atoms with van der Waals surface area (Å²) in [6, 6.07) is 15.4. The average molecular weight is 339 g/mol. The standard InChI is InChI=1S/C17H11ClN4S/c1-10-15(20-14-5-3-2-4-13(14)19-10)17-22-21-16(23-17)11-6-8-12(18)9-7-11/h2-9H,1H3. The van der Waals surface area contributed by atoms with E-state index in [1.807, 2.05) is 55.5 Å². The van der Waals surface area contributed by atoms with Gasteiger partial charge in [-0.2, -0.15) is 0 Å². The molecule has 0 unspecified atom stereocenters. The zero-order valence-electron chi connectivity index (χ0n) is 12.2. The molecular formula is C17H11ClN4S. The van der Waals surface area contributed by atoms with Gasteiger partial charge in [0.15, 0.2) is 5.01 Å². The van der Waals surface area contributed by atoms with Crippen LogP contribution in [0.5, 0.6) is 0 Å². The van der Waals surface area contributed by atoms with Crippen molar-refractivity contribution in [3.05, 3.63) is 59.2 Å². The lowest BCUT2D eigenvalue weighted by atomic mass is 10.2. The van der Waals surface area contributed by atoms with Crippen LogP contribution in [0.15, 0.2) is 48.5 Å². The van der Waals surface area contributed by atoms with Crippen LogP contribution in [0.2, 0.25) is 5.02 Å². The lowest BCUT2D eigenvalue weighted by Crippen LogP contribution is -1.93. The fourth-order valence-electron chi connectivity index (χ4n) is 2.32. The van der Waals surface area contributed by atoms with Crippen molar-refractivity contribution in [2.45, 2.75) is 6.92 Å². The molecule has 2 aromatic heterocycles. The first-order valence-electron chi connectivity index (χ1n) is 7.04. The van der Waals surface area contributed by atoms with E-state index in [9.17, 15) is 0 Å². The van der Waals surface area contributed by atoms with Crippen molar-refractivity contribution in [2.24, 2.45) is 0 Å². The van der Waals surface area contributed by atoms with E-state index in [1.54, 1.807) is 0 Å². The Morgan fingerprint density at radius 3 is 2.22 bits per heavy atom. The monoisotopic (exact) mass is 338 g/mol. The first-order chi connectivity index (χ1) is 11.2. The van der Waals surface area contributed by atoms with Gasteiger partial charge in [0, 0.05) is 10.6 Å². The minimum atomic E-state index is 0.703. The van der Waals surface area contributed by atoms with Crippen molar-refractivity contribution < 1.29 is 0 Å². The first kappa shape index (κ1) is 14.2. The number of aromatic nitrogens is 4. The molecule has 4 nitrogen and oxygen atoms in total. The second-order valence-electron chi connectivity index (χ2n) is 5.07. The third-order valence-electron chi connectivity index (χ3n) is 3.46. The molecule has 112 valence electrons. The van der Waals surface area contributed by atoms with Crippen LogP contribution in [0.3, 0.4) is 0 Å². The topological polar surface area (TPSA) is 51.6 Å². The van der Waals surface area contributed by atoms with Crippen LogP contribution in [0, 0.1) is 6.92 Å². The molecule has 23 heavy (non-hydrogen) atoms. The highest BCUT2D eigenvalue weighted by molar-refractivity contribution is 7.17. The van der Waals surface area contributed by atoms with Gasteiger partial charge in [-0.1, -0.05) is 47.2 Å². The van der Waals surface area contributed by atoms with Crippen LogP contribution in [-0.2, 0) is 0 Å². The van der Waals surface area contributed by atoms with Gasteiger partial charge < -0.3 is 0 Å². The van der Waals surface area contributed by atoms with Gasteiger partial charge in [-0.15, -0.1) is 10.2 Å². The Bertz CT molecular complexity index is 995. The number of rotatable bonds is 2. The molecule has 6 heteroatoms.